The zero-order valence-corrected chi connectivity index (χ0v) is 16.7. The second kappa shape index (κ2) is 8.84. The van der Waals surface area contributed by atoms with Gasteiger partial charge in [0.2, 0.25) is 15.9 Å². The van der Waals surface area contributed by atoms with Crippen LogP contribution in [0.3, 0.4) is 0 Å². The van der Waals surface area contributed by atoms with Crippen LogP contribution in [0.5, 0.6) is 0 Å². The molecule has 0 unspecified atom stereocenters. The first kappa shape index (κ1) is 20.5. The molecule has 0 spiro atoms. The molecular formula is C21H25FN2O3S. The summed E-state index contributed by atoms with van der Waals surface area (Å²) in [5.74, 6) is -1.53. The van der Waals surface area contributed by atoms with Crippen LogP contribution in [0.25, 0.3) is 0 Å². The molecule has 2 aromatic carbocycles. The fraction of sp³-hybridized carbons (Fsp3) is 0.381. The van der Waals surface area contributed by atoms with E-state index in [1.165, 1.54) is 16.4 Å². The first-order valence-corrected chi connectivity index (χ1v) is 11.0. The highest BCUT2D eigenvalue weighted by atomic mass is 32.2. The van der Waals surface area contributed by atoms with Crippen LogP contribution in [0.4, 0.5) is 4.39 Å². The topological polar surface area (TPSA) is 66.5 Å². The van der Waals surface area contributed by atoms with Crippen LogP contribution in [-0.2, 0) is 14.8 Å². The number of halogens is 1. The van der Waals surface area contributed by atoms with Crippen molar-refractivity contribution in [3.05, 3.63) is 66.0 Å². The fourth-order valence-electron chi connectivity index (χ4n) is 3.57. The molecule has 28 heavy (non-hydrogen) atoms. The van der Waals surface area contributed by atoms with Gasteiger partial charge in [0.05, 0.1) is 10.8 Å². The highest BCUT2D eigenvalue weighted by Gasteiger charge is 2.43. The van der Waals surface area contributed by atoms with E-state index in [1.54, 1.807) is 42.5 Å². The van der Waals surface area contributed by atoms with Crippen molar-refractivity contribution in [3.8, 4) is 0 Å². The predicted molar refractivity (Wildman–Crippen MR) is 106 cm³/mol. The maximum Gasteiger partial charge on any atom is 0.243 e. The van der Waals surface area contributed by atoms with Gasteiger partial charge in [0.25, 0.3) is 0 Å². The smallest absolute Gasteiger partial charge is 0.243 e. The van der Waals surface area contributed by atoms with Gasteiger partial charge in [-0.05, 0) is 36.2 Å². The number of nitrogens with zero attached hydrogens (tertiary/aromatic N) is 1. The Morgan fingerprint density at radius 1 is 1.14 bits per heavy atom. The summed E-state index contributed by atoms with van der Waals surface area (Å²) in [5.41, 5.74) is 0.640. The van der Waals surface area contributed by atoms with Crippen molar-refractivity contribution in [2.45, 2.75) is 30.6 Å². The van der Waals surface area contributed by atoms with Crippen molar-refractivity contribution in [2.24, 2.45) is 5.92 Å². The summed E-state index contributed by atoms with van der Waals surface area (Å²) in [5, 5.41) is 2.90. The first-order chi connectivity index (χ1) is 13.4. The van der Waals surface area contributed by atoms with Gasteiger partial charge in [-0.25, -0.2) is 12.8 Å². The quantitative estimate of drug-likeness (QED) is 0.721. The van der Waals surface area contributed by atoms with Gasteiger partial charge in [0.15, 0.2) is 0 Å². The summed E-state index contributed by atoms with van der Waals surface area (Å²) in [6.07, 6.45) is 1.81. The van der Waals surface area contributed by atoms with Gasteiger partial charge in [0.1, 0.15) is 5.82 Å². The molecule has 0 bridgehead atoms. The highest BCUT2D eigenvalue weighted by Crippen LogP contribution is 2.36. The Balaban J connectivity index is 1.89. The lowest BCUT2D eigenvalue weighted by molar-refractivity contribution is -0.124. The van der Waals surface area contributed by atoms with E-state index in [4.69, 9.17) is 0 Å². The largest absolute Gasteiger partial charge is 0.356 e. The number of carbonyl (C=O) groups is 1. The standard InChI is InChI=1S/C21H25FN2O3S/c1-2-3-12-23-21(25)20-15-24(28(26,27)18-10-5-4-6-11-18)14-19(20)16-8-7-9-17(22)13-16/h4-11,13,19-20H,2-3,12,14-15H2,1H3,(H,23,25)/t19-,20+/m0/s1. The van der Waals surface area contributed by atoms with Crippen molar-refractivity contribution < 1.29 is 17.6 Å². The minimum Gasteiger partial charge on any atom is -0.356 e. The SMILES string of the molecule is CCCCNC(=O)[C@@H]1CN(S(=O)(=O)c2ccccc2)C[C@H]1c1cccc(F)c1. The van der Waals surface area contributed by atoms with Crippen LogP contribution in [0, 0.1) is 11.7 Å². The summed E-state index contributed by atoms with van der Waals surface area (Å²) < 4.78 is 41.1. The third-order valence-corrected chi connectivity index (χ3v) is 6.96. The second-order valence-electron chi connectivity index (χ2n) is 7.05. The van der Waals surface area contributed by atoms with Gasteiger partial charge in [-0.3, -0.25) is 4.79 Å². The number of hydrogen-bond donors (Lipinski definition) is 1. The summed E-state index contributed by atoms with van der Waals surface area (Å²) >= 11 is 0. The Morgan fingerprint density at radius 2 is 1.89 bits per heavy atom. The molecular weight excluding hydrogens is 379 g/mol. The van der Waals surface area contributed by atoms with Crippen molar-refractivity contribution in [1.82, 2.24) is 9.62 Å². The molecule has 1 aliphatic rings. The minimum atomic E-state index is -3.72. The molecule has 1 aliphatic heterocycles. The molecule has 150 valence electrons. The first-order valence-electron chi connectivity index (χ1n) is 9.52. The summed E-state index contributed by atoms with van der Waals surface area (Å²) in [7, 11) is -3.72. The van der Waals surface area contributed by atoms with E-state index in [9.17, 15) is 17.6 Å². The summed E-state index contributed by atoms with van der Waals surface area (Å²) in [6, 6.07) is 14.2. The van der Waals surface area contributed by atoms with Gasteiger partial charge in [-0.15, -0.1) is 0 Å². The van der Waals surface area contributed by atoms with E-state index in [0.29, 0.717) is 12.1 Å². The number of carbonyl (C=O) groups excluding carboxylic acids is 1. The molecule has 1 fully saturated rings. The molecule has 1 saturated heterocycles. The van der Waals surface area contributed by atoms with Crippen molar-refractivity contribution >= 4 is 15.9 Å². The molecule has 0 aromatic heterocycles. The molecule has 2 aromatic rings. The van der Waals surface area contributed by atoms with Crippen molar-refractivity contribution in [1.29, 1.82) is 0 Å². The third-order valence-electron chi connectivity index (χ3n) is 5.11. The maximum atomic E-state index is 13.8. The molecule has 0 saturated carbocycles. The number of hydrogen-bond acceptors (Lipinski definition) is 3. The lowest BCUT2D eigenvalue weighted by Gasteiger charge is -2.18. The van der Waals surface area contributed by atoms with Crippen molar-refractivity contribution in [2.75, 3.05) is 19.6 Å². The molecule has 2 atom stereocenters. The molecule has 3 rings (SSSR count). The Hall–Kier alpha value is -2.25. The van der Waals surface area contributed by atoms with Crippen molar-refractivity contribution in [3.63, 3.8) is 0 Å². The Labute approximate surface area is 165 Å². The Kier molecular flexibility index (Phi) is 6.46. The van der Waals surface area contributed by atoms with Gasteiger partial charge in [-0.1, -0.05) is 43.7 Å². The number of sulfonamides is 1. The molecule has 5 nitrogen and oxygen atoms in total. The van der Waals surface area contributed by atoms with E-state index in [2.05, 4.69) is 5.32 Å². The fourth-order valence-corrected chi connectivity index (χ4v) is 5.08. The number of benzene rings is 2. The molecule has 0 aliphatic carbocycles. The maximum absolute atomic E-state index is 13.8. The zero-order valence-electron chi connectivity index (χ0n) is 15.8. The predicted octanol–water partition coefficient (Wildman–Crippen LogP) is 3.15. The Morgan fingerprint density at radius 3 is 2.57 bits per heavy atom. The Bertz CT molecular complexity index is 918. The van der Waals surface area contributed by atoms with Crippen LogP contribution in [-0.4, -0.2) is 38.3 Å². The normalized spacial score (nSPS) is 20.2. The molecule has 1 amide bonds. The third kappa shape index (κ3) is 4.42. The number of amides is 1. The van der Waals surface area contributed by atoms with Crippen LogP contribution < -0.4 is 5.32 Å². The monoisotopic (exact) mass is 404 g/mol. The molecule has 7 heteroatoms. The summed E-state index contributed by atoms with van der Waals surface area (Å²) in [6.45, 7) is 2.81. The minimum absolute atomic E-state index is 0.0797. The van der Waals surface area contributed by atoms with E-state index >= 15 is 0 Å². The average Bonchev–Trinajstić information content (AvgIpc) is 3.15. The van der Waals surface area contributed by atoms with Crippen LogP contribution >= 0.6 is 0 Å². The van der Waals surface area contributed by atoms with E-state index in [0.717, 1.165) is 12.8 Å². The lowest BCUT2D eigenvalue weighted by atomic mass is 9.88. The number of nitrogens with one attached hydrogen (secondary N) is 1. The molecule has 1 N–H and O–H groups in total. The number of rotatable bonds is 7. The molecule has 0 radical (unpaired) electrons. The second-order valence-corrected chi connectivity index (χ2v) is 8.99. The van der Waals surface area contributed by atoms with Crippen LogP contribution in [0.1, 0.15) is 31.2 Å². The number of unbranched alkanes of at least 4 members (excludes halogenated alkanes) is 1. The van der Waals surface area contributed by atoms with Gasteiger partial charge in [0, 0.05) is 25.6 Å². The van der Waals surface area contributed by atoms with Gasteiger partial charge in [-0.2, -0.15) is 4.31 Å². The molecule has 1 heterocycles. The summed E-state index contributed by atoms with van der Waals surface area (Å²) in [4.78, 5) is 13.0. The van der Waals surface area contributed by atoms with E-state index in [1.807, 2.05) is 6.92 Å². The average molecular weight is 405 g/mol. The van der Waals surface area contributed by atoms with E-state index < -0.39 is 27.7 Å². The van der Waals surface area contributed by atoms with Crippen LogP contribution in [0.15, 0.2) is 59.5 Å². The van der Waals surface area contributed by atoms with Gasteiger partial charge >= 0.3 is 0 Å². The zero-order chi connectivity index (χ0) is 20.1. The van der Waals surface area contributed by atoms with Crippen LogP contribution in [0.2, 0.25) is 0 Å². The van der Waals surface area contributed by atoms with E-state index in [-0.39, 0.29) is 23.9 Å². The highest BCUT2D eigenvalue weighted by molar-refractivity contribution is 7.89. The van der Waals surface area contributed by atoms with Gasteiger partial charge < -0.3 is 5.32 Å². The lowest BCUT2D eigenvalue weighted by Crippen LogP contribution is -2.36.